The van der Waals surface area contributed by atoms with Crippen LogP contribution in [0.1, 0.15) is 70.4 Å². The third-order valence-corrected chi connectivity index (χ3v) is 15.1. The Balaban J connectivity index is 1.73. The second kappa shape index (κ2) is 9.67. The lowest BCUT2D eigenvalue weighted by Crippen LogP contribution is -2.54. The fourth-order valence-corrected chi connectivity index (χ4v) is 9.22. The van der Waals surface area contributed by atoms with Gasteiger partial charge in [-0.25, -0.2) is 0 Å². The van der Waals surface area contributed by atoms with Crippen molar-refractivity contribution in [3.8, 4) is 5.75 Å². The molecule has 0 unspecified atom stereocenters. The highest BCUT2D eigenvalue weighted by Crippen LogP contribution is 2.72. The van der Waals surface area contributed by atoms with E-state index < -0.39 is 19.3 Å². The minimum atomic E-state index is -2.10. The molecule has 0 aliphatic heterocycles. The van der Waals surface area contributed by atoms with Gasteiger partial charge in [-0.2, -0.15) is 0 Å². The van der Waals surface area contributed by atoms with Gasteiger partial charge in [0.25, 0.3) is 0 Å². The molecule has 38 heavy (non-hydrogen) atoms. The van der Waals surface area contributed by atoms with Crippen LogP contribution in [0.15, 0.2) is 29.5 Å². The lowest BCUT2D eigenvalue weighted by atomic mass is 9.53. The molecule has 0 N–H and O–H groups in total. The van der Waals surface area contributed by atoms with Gasteiger partial charge in [0.05, 0.1) is 25.4 Å². The van der Waals surface area contributed by atoms with E-state index in [0.717, 1.165) is 55.6 Å². The molecule has 0 heterocycles. The maximum absolute atomic E-state index is 14.2. The summed E-state index contributed by atoms with van der Waals surface area (Å²) in [5.74, 6) is 2.02. The Kier molecular flexibility index (Phi) is 7.05. The molecule has 5 rings (SSSR count). The average Bonchev–Trinajstić information content (AvgIpc) is 3.12. The summed E-state index contributed by atoms with van der Waals surface area (Å²) in [4.78, 5) is 14.2. The van der Waals surface area contributed by atoms with Crippen molar-refractivity contribution in [3.05, 3.63) is 40.7 Å². The summed E-state index contributed by atoms with van der Waals surface area (Å²) in [5, 5.41) is 0.0839. The molecule has 0 amide bonds. The monoisotopic (exact) mass is 542 g/mol. The van der Waals surface area contributed by atoms with Gasteiger partial charge >= 0.3 is 5.97 Å². The van der Waals surface area contributed by atoms with Crippen LogP contribution in [0.3, 0.4) is 0 Å². The normalized spacial score (nSPS) is 32.3. The van der Waals surface area contributed by atoms with E-state index in [0.29, 0.717) is 6.42 Å². The van der Waals surface area contributed by atoms with E-state index >= 15 is 0 Å². The summed E-state index contributed by atoms with van der Waals surface area (Å²) in [6.45, 7) is 11.7. The highest BCUT2D eigenvalue weighted by molar-refractivity contribution is 6.74. The SMILES string of the molecule is COCO[C@]12C[C@H](Cc3cc(OC)ccc31)[C@@]1(C(=O)OC)[C@@H]3CCCCC3=C(O[Si](C)(C)C(C)(C)C)C[C@H]12. The molecule has 0 saturated heterocycles. The van der Waals surface area contributed by atoms with Gasteiger partial charge < -0.3 is 23.4 Å². The second-order valence-electron chi connectivity index (χ2n) is 13.4. The smallest absolute Gasteiger partial charge is 0.313 e. The molecule has 4 aliphatic carbocycles. The van der Waals surface area contributed by atoms with E-state index in [1.54, 1.807) is 21.3 Å². The third-order valence-electron chi connectivity index (χ3n) is 10.7. The molecule has 2 fully saturated rings. The summed E-state index contributed by atoms with van der Waals surface area (Å²) >= 11 is 0. The van der Waals surface area contributed by atoms with Crippen LogP contribution in [0, 0.1) is 23.2 Å². The van der Waals surface area contributed by atoms with E-state index in [-0.39, 0.29) is 35.6 Å². The van der Waals surface area contributed by atoms with Crippen molar-refractivity contribution in [1.29, 1.82) is 0 Å². The lowest BCUT2D eigenvalue weighted by Gasteiger charge is -2.52. The van der Waals surface area contributed by atoms with Crippen molar-refractivity contribution in [1.82, 2.24) is 0 Å². The van der Waals surface area contributed by atoms with Gasteiger partial charge in [-0.3, -0.25) is 4.79 Å². The van der Waals surface area contributed by atoms with Gasteiger partial charge in [0.15, 0.2) is 0 Å². The molecule has 2 bridgehead atoms. The number of fused-ring (bicyclic) bond motifs is 9. The minimum Gasteiger partial charge on any atom is -0.547 e. The standard InChI is InChI=1S/C31H46O6Si/c1-29(2,3)38(7,8)37-26-17-27-30(36-19-33-4)18-21(15-20-16-22(34-5)13-14-24(20)30)31(27,28(32)35-6)25-12-10-9-11-23(25)26/h13-14,16,21,25,27H,9-12,15,17-19H2,1-8H3/t21-,25+,27-,30+,31+/m0/s1. The number of hydrogen-bond acceptors (Lipinski definition) is 6. The van der Waals surface area contributed by atoms with E-state index in [1.165, 1.54) is 11.1 Å². The van der Waals surface area contributed by atoms with Crippen molar-refractivity contribution >= 4 is 14.3 Å². The van der Waals surface area contributed by atoms with Gasteiger partial charge in [-0.05, 0) is 85.0 Å². The predicted molar refractivity (Wildman–Crippen MR) is 149 cm³/mol. The first-order valence-electron chi connectivity index (χ1n) is 14.3. The molecule has 5 atom stereocenters. The van der Waals surface area contributed by atoms with Crippen LogP contribution in [-0.2, 0) is 35.5 Å². The Morgan fingerprint density at radius 2 is 1.87 bits per heavy atom. The van der Waals surface area contributed by atoms with E-state index in [4.69, 9.17) is 23.4 Å². The van der Waals surface area contributed by atoms with Crippen LogP contribution in [0.2, 0.25) is 18.1 Å². The number of ether oxygens (including phenoxy) is 4. The highest BCUT2D eigenvalue weighted by Gasteiger charge is 2.74. The van der Waals surface area contributed by atoms with Crippen molar-refractivity contribution in [2.24, 2.45) is 23.2 Å². The van der Waals surface area contributed by atoms with Crippen LogP contribution >= 0.6 is 0 Å². The molecule has 0 spiro atoms. The second-order valence-corrected chi connectivity index (χ2v) is 18.1. The number of carbonyl (C=O) groups excluding carboxylic acids is 1. The lowest BCUT2D eigenvalue weighted by molar-refractivity contribution is -0.185. The maximum atomic E-state index is 14.2. The number of carbonyl (C=O) groups is 1. The number of esters is 1. The fraction of sp³-hybridized carbons (Fsp3) is 0.710. The Hall–Kier alpha value is -1.83. The van der Waals surface area contributed by atoms with Gasteiger partial charge in [0, 0.05) is 25.4 Å². The summed E-state index contributed by atoms with van der Waals surface area (Å²) in [7, 11) is 2.83. The first-order chi connectivity index (χ1) is 18.0. The topological polar surface area (TPSA) is 63.2 Å². The molecular weight excluding hydrogens is 496 g/mol. The molecule has 2 saturated carbocycles. The van der Waals surface area contributed by atoms with Crippen LogP contribution in [0.25, 0.3) is 0 Å². The van der Waals surface area contributed by atoms with Crippen molar-refractivity contribution < 1.29 is 28.2 Å². The van der Waals surface area contributed by atoms with Gasteiger partial charge in [0.2, 0.25) is 8.32 Å². The van der Waals surface area contributed by atoms with Gasteiger partial charge in [-0.15, -0.1) is 0 Å². The summed E-state index contributed by atoms with van der Waals surface area (Å²) in [5.41, 5.74) is 2.44. The molecule has 1 aromatic carbocycles. The molecule has 6 nitrogen and oxygen atoms in total. The van der Waals surface area contributed by atoms with Gasteiger partial charge in [0.1, 0.15) is 18.1 Å². The van der Waals surface area contributed by atoms with E-state index in [2.05, 4.69) is 46.0 Å². The Labute approximate surface area is 229 Å². The number of allylic oxidation sites excluding steroid dienone is 2. The van der Waals surface area contributed by atoms with Crippen molar-refractivity contribution in [2.45, 2.75) is 89.5 Å². The molecule has 4 aliphatic rings. The predicted octanol–water partition coefficient (Wildman–Crippen LogP) is 6.73. The van der Waals surface area contributed by atoms with E-state index in [1.807, 2.05) is 6.07 Å². The fourth-order valence-electron chi connectivity index (χ4n) is 8.08. The molecule has 0 aromatic heterocycles. The zero-order chi connectivity index (χ0) is 27.5. The Morgan fingerprint density at radius 3 is 2.53 bits per heavy atom. The quantitative estimate of drug-likeness (QED) is 0.216. The average molecular weight is 543 g/mol. The first kappa shape index (κ1) is 27.7. The number of benzene rings is 1. The Morgan fingerprint density at radius 1 is 1.11 bits per heavy atom. The number of hydrogen-bond donors (Lipinski definition) is 0. The van der Waals surface area contributed by atoms with Crippen molar-refractivity contribution in [2.75, 3.05) is 28.1 Å². The number of methoxy groups -OCH3 is 3. The van der Waals surface area contributed by atoms with Crippen molar-refractivity contribution in [3.63, 3.8) is 0 Å². The molecule has 1 aromatic rings. The maximum Gasteiger partial charge on any atom is 0.313 e. The van der Waals surface area contributed by atoms with Crippen LogP contribution in [-0.4, -0.2) is 42.4 Å². The highest BCUT2D eigenvalue weighted by atomic mass is 28.4. The molecule has 7 heteroatoms. The van der Waals surface area contributed by atoms with Crippen LogP contribution in [0.4, 0.5) is 0 Å². The summed E-state index contributed by atoms with van der Waals surface area (Å²) < 4.78 is 30.8. The van der Waals surface area contributed by atoms with E-state index in [9.17, 15) is 4.79 Å². The first-order valence-corrected chi connectivity index (χ1v) is 17.2. The zero-order valence-corrected chi connectivity index (χ0v) is 25.6. The Bertz CT molecular complexity index is 1120. The summed E-state index contributed by atoms with van der Waals surface area (Å²) in [6.07, 6.45) is 6.55. The molecular formula is C31H46O6Si. The zero-order valence-electron chi connectivity index (χ0n) is 24.6. The third kappa shape index (κ3) is 3.90. The number of rotatable bonds is 7. The molecule has 210 valence electrons. The molecule has 0 radical (unpaired) electrons. The van der Waals surface area contributed by atoms with Gasteiger partial charge in [-0.1, -0.05) is 33.3 Å². The van der Waals surface area contributed by atoms with Crippen LogP contribution < -0.4 is 4.74 Å². The largest absolute Gasteiger partial charge is 0.547 e. The van der Waals surface area contributed by atoms with Crippen LogP contribution in [0.5, 0.6) is 5.75 Å². The minimum absolute atomic E-state index is 0.0778. The summed E-state index contributed by atoms with van der Waals surface area (Å²) in [6, 6.07) is 6.31.